The first-order valence-corrected chi connectivity index (χ1v) is 21.2. The minimum absolute atomic E-state index is 0.0162. The molecular weight excluding hydrogens is 726 g/mol. The molecule has 4 aliphatic rings. The number of amides is 3. The predicted octanol–water partition coefficient (Wildman–Crippen LogP) is 5.12. The summed E-state index contributed by atoms with van der Waals surface area (Å²) < 4.78 is 21.7. The second-order valence-electron chi connectivity index (χ2n) is 16.7. The van der Waals surface area contributed by atoms with Crippen molar-refractivity contribution < 1.29 is 23.5 Å². The number of benzene rings is 2. The Morgan fingerprint density at radius 2 is 1.51 bits per heavy atom. The minimum Gasteiger partial charge on any atom is -0.372 e. The molecule has 3 amide bonds. The lowest BCUT2D eigenvalue weighted by Crippen LogP contribution is -2.54. The number of H-pyrrole nitrogens is 1. The number of likely N-dealkylation sites (tertiary alicyclic amines) is 2. The molecule has 1 atom stereocenters. The first-order valence-electron chi connectivity index (χ1n) is 21.2. The van der Waals surface area contributed by atoms with Gasteiger partial charge in [-0.05, 0) is 75.1 Å². The van der Waals surface area contributed by atoms with Gasteiger partial charge in [0.1, 0.15) is 5.82 Å². The molecule has 1 saturated carbocycles. The third-order valence-electron chi connectivity index (χ3n) is 12.2. The lowest BCUT2D eigenvalue weighted by atomic mass is 9.83. The van der Waals surface area contributed by atoms with Gasteiger partial charge in [0.15, 0.2) is 0 Å². The maximum absolute atomic E-state index is 15.0. The van der Waals surface area contributed by atoms with E-state index in [2.05, 4.69) is 35.9 Å². The lowest BCUT2D eigenvalue weighted by molar-refractivity contribution is -0.147. The maximum Gasteiger partial charge on any atom is 0.272 e. The number of piperidine rings is 2. The number of aromatic nitrogens is 2. The van der Waals surface area contributed by atoms with E-state index in [4.69, 9.17) is 10.5 Å². The van der Waals surface area contributed by atoms with Gasteiger partial charge in [-0.25, -0.2) is 9.49 Å². The van der Waals surface area contributed by atoms with Gasteiger partial charge in [-0.2, -0.15) is 5.10 Å². The standard InChI is InChI=1S/C41H54FN7O5.C3H8/c1-41(54-30-13-17-48(18-14-30)40(53)37(43)29-7-3-2-4-8-29)15-19-46(20-16-41)27-36(50)47-21-23-49(24-22-47)39(52)33-25-28(11-12-34(33)42)26-35-31-9-5-6-10-32(31)38(51)45-44-35;1-3-2/h5-6,9-12,25,29-30,37H,2-4,7-8,13-24,26-27,43H2,1H3,(H,45,51);3H2,1-2H3. The third-order valence-corrected chi connectivity index (χ3v) is 12.2. The van der Waals surface area contributed by atoms with Crippen LogP contribution in [0.25, 0.3) is 10.8 Å². The highest BCUT2D eigenvalue weighted by atomic mass is 19.1. The summed E-state index contributed by atoms with van der Waals surface area (Å²) in [5, 5.41) is 7.98. The number of nitrogens with one attached hydrogen (secondary N) is 1. The molecule has 3 aromatic rings. The van der Waals surface area contributed by atoms with Crippen molar-refractivity contribution in [3.8, 4) is 0 Å². The van der Waals surface area contributed by atoms with Crippen LogP contribution in [0.1, 0.15) is 107 Å². The molecule has 1 aromatic heterocycles. The van der Waals surface area contributed by atoms with Crippen molar-refractivity contribution in [2.45, 2.75) is 109 Å². The average molecular weight is 788 g/mol. The largest absolute Gasteiger partial charge is 0.372 e. The Kier molecular flexibility index (Phi) is 14.5. The van der Waals surface area contributed by atoms with Crippen LogP contribution < -0.4 is 11.3 Å². The van der Waals surface area contributed by atoms with Gasteiger partial charge < -0.3 is 25.2 Å². The third kappa shape index (κ3) is 10.7. The van der Waals surface area contributed by atoms with Crippen LogP contribution in [0.4, 0.5) is 4.39 Å². The first kappa shape index (κ1) is 42.4. The van der Waals surface area contributed by atoms with Crippen LogP contribution in [0.5, 0.6) is 0 Å². The maximum atomic E-state index is 15.0. The lowest BCUT2D eigenvalue weighted by Gasteiger charge is -2.44. The van der Waals surface area contributed by atoms with Crippen molar-refractivity contribution in [3.63, 3.8) is 0 Å². The molecule has 3 saturated heterocycles. The minimum atomic E-state index is -0.599. The molecule has 0 spiro atoms. The SMILES string of the molecule is CC1(OC2CCN(C(=O)C(N)C3CCCCC3)CC2)CCN(CC(=O)N2CCN(C(=O)c3cc(Cc4n[nH]c(=O)c5ccccc45)ccc3F)CC2)CC1.CCC. The van der Waals surface area contributed by atoms with Crippen molar-refractivity contribution in [1.29, 1.82) is 0 Å². The van der Waals surface area contributed by atoms with Crippen LogP contribution >= 0.6 is 0 Å². The molecule has 4 heterocycles. The number of carbonyl (C=O) groups excluding carboxylic acids is 3. The highest BCUT2D eigenvalue weighted by Crippen LogP contribution is 2.31. The molecule has 1 unspecified atom stereocenters. The van der Waals surface area contributed by atoms with Crippen molar-refractivity contribution in [3.05, 3.63) is 75.5 Å². The number of piperazine rings is 1. The summed E-state index contributed by atoms with van der Waals surface area (Å²) in [6.45, 7) is 11.1. The molecule has 7 rings (SSSR count). The number of hydrogen-bond acceptors (Lipinski definition) is 8. The van der Waals surface area contributed by atoms with E-state index in [1.165, 1.54) is 31.7 Å². The molecule has 3 aliphatic heterocycles. The molecule has 4 fully saturated rings. The molecule has 12 nitrogen and oxygen atoms in total. The van der Waals surface area contributed by atoms with Gasteiger partial charge in [0.2, 0.25) is 11.8 Å². The summed E-state index contributed by atoms with van der Waals surface area (Å²) in [7, 11) is 0. The van der Waals surface area contributed by atoms with Crippen LogP contribution in [-0.2, 0) is 20.7 Å². The number of nitrogens with two attached hydrogens (primary N) is 1. The Morgan fingerprint density at radius 3 is 2.18 bits per heavy atom. The predicted molar refractivity (Wildman–Crippen MR) is 219 cm³/mol. The number of aromatic amines is 1. The zero-order valence-corrected chi connectivity index (χ0v) is 34.1. The summed E-state index contributed by atoms with van der Waals surface area (Å²) in [5.74, 6) is -0.561. The number of ether oxygens (including phenoxy) is 1. The summed E-state index contributed by atoms with van der Waals surface area (Å²) in [6, 6.07) is 11.3. The van der Waals surface area contributed by atoms with Crippen LogP contribution in [0.2, 0.25) is 0 Å². The number of nitrogens with zero attached hydrogens (tertiary/aromatic N) is 5. The molecule has 13 heteroatoms. The topological polar surface area (TPSA) is 145 Å². The number of hydrogen-bond donors (Lipinski definition) is 2. The van der Waals surface area contributed by atoms with E-state index < -0.39 is 11.7 Å². The average Bonchev–Trinajstić information content (AvgIpc) is 3.23. The van der Waals surface area contributed by atoms with Gasteiger partial charge in [0.05, 0.1) is 40.9 Å². The fourth-order valence-corrected chi connectivity index (χ4v) is 8.77. The Labute approximate surface area is 336 Å². The van der Waals surface area contributed by atoms with Gasteiger partial charge >= 0.3 is 0 Å². The molecule has 0 radical (unpaired) electrons. The number of carbonyl (C=O) groups is 3. The monoisotopic (exact) mass is 787 g/mol. The fourth-order valence-electron chi connectivity index (χ4n) is 8.77. The Hall–Kier alpha value is -4.20. The van der Waals surface area contributed by atoms with Gasteiger partial charge in [-0.1, -0.05) is 63.8 Å². The van der Waals surface area contributed by atoms with Gasteiger partial charge in [0, 0.05) is 64.2 Å². The van der Waals surface area contributed by atoms with E-state index in [-0.39, 0.29) is 40.7 Å². The summed E-state index contributed by atoms with van der Waals surface area (Å²) >= 11 is 0. The molecule has 57 heavy (non-hydrogen) atoms. The smallest absolute Gasteiger partial charge is 0.272 e. The molecule has 1 aliphatic carbocycles. The highest BCUT2D eigenvalue weighted by Gasteiger charge is 2.37. The number of rotatable bonds is 9. The molecule has 3 N–H and O–H groups in total. The van der Waals surface area contributed by atoms with E-state index in [0.29, 0.717) is 80.2 Å². The Morgan fingerprint density at radius 1 is 0.877 bits per heavy atom. The first-order chi connectivity index (χ1) is 27.5. The summed E-state index contributed by atoms with van der Waals surface area (Å²) in [5.41, 5.74) is 7.19. The molecule has 2 aromatic carbocycles. The highest BCUT2D eigenvalue weighted by molar-refractivity contribution is 5.95. The van der Waals surface area contributed by atoms with E-state index in [1.54, 1.807) is 34.1 Å². The van der Waals surface area contributed by atoms with Crippen molar-refractivity contribution >= 4 is 28.5 Å². The van der Waals surface area contributed by atoms with Crippen molar-refractivity contribution in [2.24, 2.45) is 11.7 Å². The van der Waals surface area contributed by atoms with E-state index in [0.717, 1.165) is 51.6 Å². The van der Waals surface area contributed by atoms with E-state index in [9.17, 15) is 23.6 Å². The summed E-state index contributed by atoms with van der Waals surface area (Å²) in [4.78, 5) is 59.6. The van der Waals surface area contributed by atoms with E-state index in [1.807, 2.05) is 17.0 Å². The van der Waals surface area contributed by atoms with Crippen LogP contribution in [0.15, 0.2) is 47.3 Å². The fraction of sp³-hybridized carbons (Fsp3) is 0.614. The van der Waals surface area contributed by atoms with Gasteiger partial charge in [-0.15, -0.1) is 0 Å². The van der Waals surface area contributed by atoms with Crippen LogP contribution in [-0.4, -0.2) is 124 Å². The molecular formula is C44H62FN7O5. The Bertz CT molecular complexity index is 1890. The van der Waals surface area contributed by atoms with E-state index >= 15 is 0 Å². The van der Waals surface area contributed by atoms with Gasteiger partial charge in [-0.3, -0.25) is 24.1 Å². The normalized spacial score (nSPS) is 20.2. The van der Waals surface area contributed by atoms with Gasteiger partial charge in [0.25, 0.3) is 11.5 Å². The Balaban J connectivity index is 0.00000177. The molecule has 310 valence electrons. The second-order valence-corrected chi connectivity index (χ2v) is 16.7. The number of fused-ring (bicyclic) bond motifs is 1. The summed E-state index contributed by atoms with van der Waals surface area (Å²) in [6.07, 6.45) is 10.7. The van der Waals surface area contributed by atoms with Crippen molar-refractivity contribution in [2.75, 3.05) is 58.9 Å². The zero-order chi connectivity index (χ0) is 40.5. The van der Waals surface area contributed by atoms with Crippen LogP contribution in [0.3, 0.4) is 0 Å². The zero-order valence-electron chi connectivity index (χ0n) is 34.1. The van der Waals surface area contributed by atoms with Crippen molar-refractivity contribution in [1.82, 2.24) is 29.8 Å². The molecule has 0 bridgehead atoms. The second kappa shape index (κ2) is 19.5. The van der Waals surface area contributed by atoms with Crippen LogP contribution in [0, 0.1) is 11.7 Å². The quantitative estimate of drug-likeness (QED) is 0.304. The number of halogens is 1.